The summed E-state index contributed by atoms with van der Waals surface area (Å²) in [7, 11) is 0. The maximum absolute atomic E-state index is 10.4. The van der Waals surface area contributed by atoms with Crippen LogP contribution in [0.4, 0.5) is 11.4 Å². The van der Waals surface area contributed by atoms with Crippen molar-refractivity contribution < 1.29 is 10.2 Å². The first-order chi connectivity index (χ1) is 19.6. The number of benzene rings is 6. The zero-order valence-electron chi connectivity index (χ0n) is 21.3. The second kappa shape index (κ2) is 11.9. The maximum atomic E-state index is 10.4. The fraction of sp³-hybridized carbons (Fsp3) is 0. The van der Waals surface area contributed by atoms with Crippen molar-refractivity contribution in [2.24, 2.45) is 9.98 Å². The molecular formula is C34H24N2O2Se2. The SMILES string of the molecule is Oc1ccc2ccccc2c1C=Nc1ccc([Se][Se]c2ccc(N=Cc3c(O)ccc4ccccc34)cc2)cc1. The van der Waals surface area contributed by atoms with E-state index in [2.05, 4.69) is 34.3 Å². The first-order valence-corrected chi connectivity index (χ1v) is 18.7. The molecule has 6 rings (SSSR count). The molecule has 0 saturated carbocycles. The van der Waals surface area contributed by atoms with Gasteiger partial charge < -0.3 is 0 Å². The topological polar surface area (TPSA) is 65.2 Å². The molecule has 6 aromatic carbocycles. The van der Waals surface area contributed by atoms with Gasteiger partial charge in [0.2, 0.25) is 0 Å². The standard InChI is InChI=1S/C34H24N2O2Se2/c37-33-19-9-23-5-1-3-7-29(23)31(33)21-35-25-11-15-27(16-12-25)39-40-28-17-13-26(14-18-28)36-22-32-30-8-4-2-6-24(30)10-20-34(32)38/h1-22,37-38H. The van der Waals surface area contributed by atoms with Gasteiger partial charge in [-0.1, -0.05) is 0 Å². The predicted octanol–water partition coefficient (Wildman–Crippen LogP) is 6.18. The molecule has 0 aliphatic heterocycles. The second-order valence-corrected chi connectivity index (χ2v) is 15.4. The Balaban J connectivity index is 1.09. The number of hydrogen-bond acceptors (Lipinski definition) is 4. The zero-order valence-corrected chi connectivity index (χ0v) is 24.7. The first-order valence-electron chi connectivity index (χ1n) is 12.7. The minimum absolute atomic E-state index is 0.230. The number of phenolic OH excluding ortho intramolecular Hbond substituents is 2. The average molecular weight is 650 g/mol. The van der Waals surface area contributed by atoms with Gasteiger partial charge >= 0.3 is 245 Å². The summed E-state index contributed by atoms with van der Waals surface area (Å²) in [6.45, 7) is 0. The van der Waals surface area contributed by atoms with Crippen molar-refractivity contribution in [1.29, 1.82) is 0 Å². The van der Waals surface area contributed by atoms with Gasteiger partial charge in [-0.25, -0.2) is 0 Å². The van der Waals surface area contributed by atoms with Crippen LogP contribution in [0.15, 0.2) is 131 Å². The van der Waals surface area contributed by atoms with Gasteiger partial charge in [-0.2, -0.15) is 0 Å². The van der Waals surface area contributed by atoms with Gasteiger partial charge in [-0.05, 0) is 0 Å². The Morgan fingerprint density at radius 3 is 1.27 bits per heavy atom. The number of aromatic hydroxyl groups is 2. The first kappa shape index (κ1) is 26.1. The fourth-order valence-electron chi connectivity index (χ4n) is 4.39. The van der Waals surface area contributed by atoms with Gasteiger partial charge in [0.25, 0.3) is 0 Å². The van der Waals surface area contributed by atoms with Crippen LogP contribution in [0.25, 0.3) is 21.5 Å². The molecular weight excluding hydrogens is 626 g/mol. The van der Waals surface area contributed by atoms with Crippen molar-refractivity contribution in [3.63, 3.8) is 0 Å². The molecule has 0 spiro atoms. The van der Waals surface area contributed by atoms with Gasteiger partial charge in [0.05, 0.1) is 0 Å². The Hall–Kier alpha value is -4.18. The van der Waals surface area contributed by atoms with Gasteiger partial charge in [-0.15, -0.1) is 0 Å². The van der Waals surface area contributed by atoms with Crippen molar-refractivity contribution in [3.05, 3.63) is 132 Å². The van der Waals surface area contributed by atoms with Gasteiger partial charge in [0, 0.05) is 0 Å². The van der Waals surface area contributed by atoms with Crippen LogP contribution in [0.5, 0.6) is 11.5 Å². The number of rotatable bonds is 7. The van der Waals surface area contributed by atoms with Crippen LogP contribution in [0, 0.1) is 0 Å². The zero-order chi connectivity index (χ0) is 27.3. The number of phenols is 2. The number of aliphatic imine (C=N–C) groups is 2. The van der Waals surface area contributed by atoms with E-state index in [0.717, 1.165) is 44.0 Å². The summed E-state index contributed by atoms with van der Waals surface area (Å²) in [6.07, 6.45) is 3.49. The van der Waals surface area contributed by atoms with Crippen LogP contribution in [-0.2, 0) is 0 Å². The number of nitrogens with zero attached hydrogens (tertiary/aromatic N) is 2. The summed E-state index contributed by atoms with van der Waals surface area (Å²) >= 11 is 0.700. The molecule has 0 atom stereocenters. The van der Waals surface area contributed by atoms with Crippen molar-refractivity contribution in [3.8, 4) is 11.5 Å². The van der Waals surface area contributed by atoms with E-state index in [1.807, 2.05) is 84.9 Å². The average Bonchev–Trinajstić information content (AvgIpc) is 3.00. The number of hydrogen-bond donors (Lipinski definition) is 2. The Kier molecular flexibility index (Phi) is 7.76. The third-order valence-electron chi connectivity index (χ3n) is 6.49. The van der Waals surface area contributed by atoms with Gasteiger partial charge in [-0.3, -0.25) is 0 Å². The van der Waals surface area contributed by atoms with E-state index in [1.54, 1.807) is 24.6 Å². The molecule has 0 saturated heterocycles. The Bertz CT molecular complexity index is 1730. The molecule has 0 unspecified atom stereocenters. The quantitative estimate of drug-likeness (QED) is 0.160. The van der Waals surface area contributed by atoms with Crippen LogP contribution in [0.1, 0.15) is 11.1 Å². The van der Waals surface area contributed by atoms with E-state index in [9.17, 15) is 10.2 Å². The fourth-order valence-corrected chi connectivity index (χ4v) is 10.4. The molecule has 6 aromatic rings. The van der Waals surface area contributed by atoms with Crippen molar-refractivity contribution in [1.82, 2.24) is 0 Å². The van der Waals surface area contributed by atoms with Gasteiger partial charge in [0.1, 0.15) is 0 Å². The molecule has 194 valence electrons. The van der Waals surface area contributed by atoms with Gasteiger partial charge in [0.15, 0.2) is 0 Å². The van der Waals surface area contributed by atoms with Crippen LogP contribution in [0.3, 0.4) is 0 Å². The Labute approximate surface area is 243 Å². The molecule has 0 aromatic heterocycles. The molecule has 0 radical (unpaired) electrons. The van der Waals surface area contributed by atoms with Crippen LogP contribution < -0.4 is 8.92 Å². The predicted molar refractivity (Wildman–Crippen MR) is 169 cm³/mol. The molecule has 0 aliphatic rings. The minimum atomic E-state index is 0.230. The third-order valence-corrected chi connectivity index (χ3v) is 13.7. The molecule has 40 heavy (non-hydrogen) atoms. The molecule has 0 heterocycles. The molecule has 2 N–H and O–H groups in total. The van der Waals surface area contributed by atoms with E-state index < -0.39 is 0 Å². The molecule has 0 bridgehead atoms. The normalized spacial score (nSPS) is 11.7. The molecule has 0 aliphatic carbocycles. The third kappa shape index (κ3) is 5.86. The van der Waals surface area contributed by atoms with E-state index >= 15 is 0 Å². The summed E-state index contributed by atoms with van der Waals surface area (Å²) < 4.78 is 2.65. The van der Waals surface area contributed by atoms with Crippen LogP contribution in [0.2, 0.25) is 0 Å². The Morgan fingerprint density at radius 2 is 0.850 bits per heavy atom. The summed E-state index contributed by atoms with van der Waals surface area (Å²) in [5.41, 5.74) is 3.19. The van der Waals surface area contributed by atoms with E-state index in [1.165, 1.54) is 8.92 Å². The second-order valence-electron chi connectivity index (χ2n) is 9.11. The van der Waals surface area contributed by atoms with Crippen molar-refractivity contribution >= 4 is 80.5 Å². The molecule has 0 amide bonds. The molecule has 0 fully saturated rings. The summed E-state index contributed by atoms with van der Waals surface area (Å²) in [5, 5.41) is 24.8. The van der Waals surface area contributed by atoms with Crippen LogP contribution >= 0.6 is 0 Å². The molecule has 4 nitrogen and oxygen atoms in total. The monoisotopic (exact) mass is 652 g/mol. The van der Waals surface area contributed by atoms with E-state index in [4.69, 9.17) is 0 Å². The Morgan fingerprint density at radius 1 is 0.450 bits per heavy atom. The summed E-state index contributed by atoms with van der Waals surface area (Å²) in [4.78, 5) is 9.23. The van der Waals surface area contributed by atoms with Crippen molar-refractivity contribution in [2.45, 2.75) is 0 Å². The van der Waals surface area contributed by atoms with E-state index in [0.29, 0.717) is 26.3 Å². The number of fused-ring (bicyclic) bond motifs is 2. The summed E-state index contributed by atoms with van der Waals surface area (Å²) in [6, 6.07) is 40.0. The summed E-state index contributed by atoms with van der Waals surface area (Å²) in [5.74, 6) is 0.460. The van der Waals surface area contributed by atoms with Crippen molar-refractivity contribution in [2.75, 3.05) is 0 Å². The molecule has 6 heteroatoms. The van der Waals surface area contributed by atoms with E-state index in [-0.39, 0.29) is 11.5 Å². The van der Waals surface area contributed by atoms with Crippen LogP contribution in [-0.4, -0.2) is 48.9 Å².